The molecule has 1 aromatic carbocycles. The van der Waals surface area contributed by atoms with Crippen LogP contribution in [-0.2, 0) is 0 Å². The molecule has 0 saturated carbocycles. The molecule has 0 saturated heterocycles. The van der Waals surface area contributed by atoms with Gasteiger partial charge in [0, 0.05) is 5.56 Å². The van der Waals surface area contributed by atoms with Gasteiger partial charge in [-0.2, -0.15) is 0 Å². The highest BCUT2D eigenvalue weighted by atomic mass is 16.3. The minimum Gasteiger partial charge on any atom is -0.507 e. The van der Waals surface area contributed by atoms with Gasteiger partial charge in [0.1, 0.15) is 5.75 Å². The van der Waals surface area contributed by atoms with Gasteiger partial charge >= 0.3 is 0 Å². The Labute approximate surface area is 131 Å². The Bertz CT molecular complexity index is 558. The van der Waals surface area contributed by atoms with Crippen molar-refractivity contribution in [3.63, 3.8) is 0 Å². The third-order valence-corrected chi connectivity index (χ3v) is 3.42. The molecule has 120 valence electrons. The van der Waals surface area contributed by atoms with E-state index in [1.165, 1.54) is 6.08 Å². The molecule has 0 aromatic heterocycles. The highest BCUT2D eigenvalue weighted by Gasteiger charge is 2.13. The molecule has 0 aliphatic rings. The summed E-state index contributed by atoms with van der Waals surface area (Å²) >= 11 is 0. The quantitative estimate of drug-likeness (QED) is 0.556. The largest absolute Gasteiger partial charge is 0.507 e. The Kier molecular flexibility index (Phi) is 7.60. The van der Waals surface area contributed by atoms with Crippen LogP contribution in [0.1, 0.15) is 25.3 Å². The lowest BCUT2D eigenvalue weighted by Crippen LogP contribution is -2.14. The third kappa shape index (κ3) is 5.48. The Morgan fingerprint density at radius 2 is 1.95 bits per heavy atom. The monoisotopic (exact) mass is 304 g/mol. The summed E-state index contributed by atoms with van der Waals surface area (Å²) in [6.07, 6.45) is 3.61. The summed E-state index contributed by atoms with van der Waals surface area (Å²) in [5.41, 5.74) is 2.63. The molecule has 1 atom stereocenters. The lowest BCUT2D eigenvalue weighted by atomic mass is 9.96. The maximum absolute atomic E-state index is 10.2. The zero-order valence-electron chi connectivity index (χ0n) is 12.9. The molecule has 0 aliphatic carbocycles. The molecular formula is C18H24O4. The number of hydrogen-bond donors (Lipinski definition) is 4. The van der Waals surface area contributed by atoms with E-state index >= 15 is 0 Å². The predicted octanol–water partition coefficient (Wildman–Crippen LogP) is 2.40. The summed E-state index contributed by atoms with van der Waals surface area (Å²) in [5, 5.41) is 38.0. The average molecular weight is 304 g/mol. The molecule has 1 aromatic rings. The standard InChI is InChI=1S/C18H24O4/c1-13(11-15-5-3-4-6-17(15)21)7-8-18(22)16(9-10-19)14(2)12-20/h3-6,9,11,18-22H,2,7-8,10,12H2,1H3/b13-11+,16-9-. The lowest BCUT2D eigenvalue weighted by molar-refractivity contribution is 0.197. The van der Waals surface area contributed by atoms with Gasteiger partial charge in [-0.15, -0.1) is 0 Å². The first-order valence-corrected chi connectivity index (χ1v) is 7.22. The maximum Gasteiger partial charge on any atom is 0.122 e. The number of hydrogen-bond acceptors (Lipinski definition) is 4. The number of aromatic hydroxyl groups is 1. The smallest absolute Gasteiger partial charge is 0.122 e. The van der Waals surface area contributed by atoms with Crippen molar-refractivity contribution >= 4 is 6.08 Å². The van der Waals surface area contributed by atoms with Crippen LogP contribution in [0.5, 0.6) is 5.75 Å². The van der Waals surface area contributed by atoms with Crippen molar-refractivity contribution in [3.05, 3.63) is 59.2 Å². The number of phenols is 1. The molecule has 0 radical (unpaired) electrons. The number of rotatable bonds is 8. The fourth-order valence-electron chi connectivity index (χ4n) is 2.17. The van der Waals surface area contributed by atoms with Gasteiger partial charge in [-0.25, -0.2) is 0 Å². The average Bonchev–Trinajstić information content (AvgIpc) is 2.51. The summed E-state index contributed by atoms with van der Waals surface area (Å²) in [5.74, 6) is 0.219. The van der Waals surface area contributed by atoms with Crippen LogP contribution in [0.2, 0.25) is 0 Å². The molecule has 1 rings (SSSR count). The van der Waals surface area contributed by atoms with Crippen LogP contribution in [0, 0.1) is 0 Å². The number of phenolic OH excluding ortho intramolecular Hbond substituents is 1. The van der Waals surface area contributed by atoms with E-state index in [-0.39, 0.29) is 19.0 Å². The van der Waals surface area contributed by atoms with Crippen LogP contribution in [0.25, 0.3) is 6.08 Å². The maximum atomic E-state index is 10.2. The molecule has 4 heteroatoms. The molecule has 4 N–H and O–H groups in total. The fraction of sp³-hybridized carbons (Fsp3) is 0.333. The Morgan fingerprint density at radius 1 is 1.27 bits per heavy atom. The summed E-state index contributed by atoms with van der Waals surface area (Å²) < 4.78 is 0. The molecule has 0 heterocycles. The van der Waals surface area contributed by atoms with Gasteiger partial charge < -0.3 is 20.4 Å². The SMILES string of the molecule is C=C(CO)/C(=C/CO)C(O)CC/C(C)=C/c1ccccc1O. The van der Waals surface area contributed by atoms with Gasteiger partial charge in [0.2, 0.25) is 0 Å². The van der Waals surface area contributed by atoms with Crippen LogP contribution < -0.4 is 0 Å². The van der Waals surface area contributed by atoms with Crippen molar-refractivity contribution in [2.24, 2.45) is 0 Å². The van der Waals surface area contributed by atoms with Gasteiger partial charge in [-0.1, -0.05) is 42.5 Å². The van der Waals surface area contributed by atoms with Crippen molar-refractivity contribution in [1.82, 2.24) is 0 Å². The topological polar surface area (TPSA) is 80.9 Å². The predicted molar refractivity (Wildman–Crippen MR) is 88.4 cm³/mol. The van der Waals surface area contributed by atoms with E-state index in [4.69, 9.17) is 10.2 Å². The summed E-state index contributed by atoms with van der Waals surface area (Å²) in [6.45, 7) is 5.14. The van der Waals surface area contributed by atoms with Crippen molar-refractivity contribution < 1.29 is 20.4 Å². The van der Waals surface area contributed by atoms with Crippen LogP contribution in [0.4, 0.5) is 0 Å². The summed E-state index contributed by atoms with van der Waals surface area (Å²) in [4.78, 5) is 0. The van der Waals surface area contributed by atoms with Crippen LogP contribution >= 0.6 is 0 Å². The zero-order chi connectivity index (χ0) is 16.5. The minimum absolute atomic E-state index is 0.210. The first-order chi connectivity index (χ1) is 10.5. The molecule has 4 nitrogen and oxygen atoms in total. The minimum atomic E-state index is -0.792. The van der Waals surface area contributed by atoms with E-state index in [1.54, 1.807) is 12.1 Å². The number of benzene rings is 1. The first-order valence-electron chi connectivity index (χ1n) is 7.22. The lowest BCUT2D eigenvalue weighted by Gasteiger charge is -2.16. The van der Waals surface area contributed by atoms with E-state index in [0.717, 1.165) is 11.1 Å². The third-order valence-electron chi connectivity index (χ3n) is 3.42. The summed E-state index contributed by atoms with van der Waals surface area (Å²) in [7, 11) is 0. The van der Waals surface area contributed by atoms with Gasteiger partial charge in [0.25, 0.3) is 0 Å². The molecule has 0 aliphatic heterocycles. The van der Waals surface area contributed by atoms with E-state index in [9.17, 15) is 10.2 Å². The van der Waals surface area contributed by atoms with Gasteiger partial charge in [-0.05, 0) is 37.0 Å². The molecule has 0 spiro atoms. The van der Waals surface area contributed by atoms with Crippen LogP contribution in [0.3, 0.4) is 0 Å². The van der Waals surface area contributed by atoms with Gasteiger partial charge in [0.05, 0.1) is 19.3 Å². The Hall–Kier alpha value is -1.88. The van der Waals surface area contributed by atoms with Gasteiger partial charge in [-0.3, -0.25) is 0 Å². The van der Waals surface area contributed by atoms with E-state index in [0.29, 0.717) is 24.0 Å². The Morgan fingerprint density at radius 3 is 2.55 bits per heavy atom. The number of aliphatic hydroxyl groups excluding tert-OH is 3. The molecule has 0 bridgehead atoms. The van der Waals surface area contributed by atoms with Gasteiger partial charge in [0.15, 0.2) is 0 Å². The highest BCUT2D eigenvalue weighted by molar-refractivity contribution is 5.58. The first kappa shape index (κ1) is 18.2. The fourth-order valence-corrected chi connectivity index (χ4v) is 2.17. The molecule has 0 fully saturated rings. The van der Waals surface area contributed by atoms with Crippen molar-refractivity contribution in [2.45, 2.75) is 25.9 Å². The molecular weight excluding hydrogens is 280 g/mol. The number of para-hydroxylation sites is 1. The van der Waals surface area contributed by atoms with Crippen LogP contribution in [-0.4, -0.2) is 39.7 Å². The number of aliphatic hydroxyl groups is 3. The van der Waals surface area contributed by atoms with Crippen molar-refractivity contribution in [1.29, 1.82) is 0 Å². The highest BCUT2D eigenvalue weighted by Crippen LogP contribution is 2.22. The number of allylic oxidation sites excluding steroid dienone is 1. The molecule has 1 unspecified atom stereocenters. The van der Waals surface area contributed by atoms with Crippen molar-refractivity contribution in [3.8, 4) is 5.75 Å². The van der Waals surface area contributed by atoms with E-state index in [2.05, 4.69) is 6.58 Å². The second-order valence-electron chi connectivity index (χ2n) is 5.21. The van der Waals surface area contributed by atoms with E-state index in [1.807, 2.05) is 25.1 Å². The zero-order valence-corrected chi connectivity index (χ0v) is 12.9. The van der Waals surface area contributed by atoms with Crippen LogP contribution in [0.15, 0.2) is 53.6 Å². The summed E-state index contributed by atoms with van der Waals surface area (Å²) in [6, 6.07) is 7.06. The van der Waals surface area contributed by atoms with Crippen molar-refractivity contribution in [2.75, 3.05) is 13.2 Å². The normalized spacial score (nSPS) is 14.0. The van der Waals surface area contributed by atoms with E-state index < -0.39 is 6.10 Å². The second kappa shape index (κ2) is 9.20. The Balaban J connectivity index is 2.70. The molecule has 22 heavy (non-hydrogen) atoms. The second-order valence-corrected chi connectivity index (χ2v) is 5.21. The molecule has 0 amide bonds.